The lowest BCUT2D eigenvalue weighted by molar-refractivity contribution is 0.241. The Kier molecular flexibility index (Phi) is 4.45. The molecule has 0 unspecified atom stereocenters. The fraction of sp³-hybridized carbons (Fsp3) is 0.474. The molecule has 128 valence electrons. The highest BCUT2D eigenvalue weighted by atomic mass is 16.5. The summed E-state index contributed by atoms with van der Waals surface area (Å²) in [6.45, 7) is 8.58. The first kappa shape index (κ1) is 16.7. The van der Waals surface area contributed by atoms with Gasteiger partial charge in [-0.05, 0) is 17.7 Å². The second-order valence-electron chi connectivity index (χ2n) is 7.40. The van der Waals surface area contributed by atoms with E-state index in [2.05, 4.69) is 42.8 Å². The van der Waals surface area contributed by atoms with Gasteiger partial charge in [0, 0.05) is 31.5 Å². The minimum Gasteiger partial charge on any atom is -0.497 e. The summed E-state index contributed by atoms with van der Waals surface area (Å²) in [6, 6.07) is 8.08. The zero-order chi connectivity index (χ0) is 17.3. The van der Waals surface area contributed by atoms with Gasteiger partial charge in [0.05, 0.1) is 18.4 Å². The van der Waals surface area contributed by atoms with Gasteiger partial charge in [-0.1, -0.05) is 32.9 Å². The van der Waals surface area contributed by atoms with Crippen molar-refractivity contribution in [3.63, 3.8) is 0 Å². The summed E-state index contributed by atoms with van der Waals surface area (Å²) >= 11 is 0. The van der Waals surface area contributed by atoms with E-state index in [-0.39, 0.29) is 11.0 Å². The largest absolute Gasteiger partial charge is 0.497 e. The molecule has 24 heavy (non-hydrogen) atoms. The Hall–Kier alpha value is -2.14. The Morgan fingerprint density at radius 2 is 1.96 bits per heavy atom. The van der Waals surface area contributed by atoms with Crippen LogP contribution in [-0.2, 0) is 24.9 Å². The van der Waals surface area contributed by atoms with Gasteiger partial charge in [0.2, 0.25) is 0 Å². The molecule has 5 nitrogen and oxygen atoms in total. The van der Waals surface area contributed by atoms with Crippen molar-refractivity contribution in [3.8, 4) is 5.75 Å². The molecule has 0 amide bonds. The Morgan fingerprint density at radius 3 is 2.58 bits per heavy atom. The van der Waals surface area contributed by atoms with Crippen molar-refractivity contribution in [1.82, 2.24) is 14.9 Å². The molecule has 3 rings (SSSR count). The van der Waals surface area contributed by atoms with Gasteiger partial charge in [0.25, 0.3) is 5.56 Å². The van der Waals surface area contributed by atoms with Crippen LogP contribution in [0, 0.1) is 0 Å². The lowest BCUT2D eigenvalue weighted by Gasteiger charge is -2.29. The molecule has 0 saturated carbocycles. The SMILES string of the molecule is COc1ccc(CN2CCc3nc(C(C)(C)C)[nH]c(=O)c3C2)cc1. The predicted octanol–water partition coefficient (Wildman–Crippen LogP) is 2.63. The summed E-state index contributed by atoms with van der Waals surface area (Å²) in [7, 11) is 1.67. The molecule has 1 aromatic heterocycles. The van der Waals surface area contributed by atoms with Gasteiger partial charge < -0.3 is 9.72 Å². The van der Waals surface area contributed by atoms with Gasteiger partial charge in [-0.3, -0.25) is 9.69 Å². The third-order valence-electron chi connectivity index (χ3n) is 4.42. The molecule has 0 saturated heterocycles. The van der Waals surface area contributed by atoms with E-state index in [4.69, 9.17) is 9.72 Å². The third-order valence-corrected chi connectivity index (χ3v) is 4.42. The summed E-state index contributed by atoms with van der Waals surface area (Å²) in [5.74, 6) is 1.63. The van der Waals surface area contributed by atoms with Crippen LogP contribution in [0.25, 0.3) is 0 Å². The molecule has 1 aliphatic rings. The first-order valence-electron chi connectivity index (χ1n) is 8.34. The molecule has 0 radical (unpaired) electrons. The summed E-state index contributed by atoms with van der Waals surface area (Å²) < 4.78 is 5.19. The van der Waals surface area contributed by atoms with E-state index in [0.717, 1.165) is 42.3 Å². The molecule has 1 aliphatic heterocycles. The maximum Gasteiger partial charge on any atom is 0.255 e. The van der Waals surface area contributed by atoms with E-state index in [1.165, 1.54) is 5.56 Å². The fourth-order valence-electron chi connectivity index (χ4n) is 2.96. The minimum atomic E-state index is -0.144. The van der Waals surface area contributed by atoms with Crippen molar-refractivity contribution in [2.24, 2.45) is 0 Å². The normalized spacial score (nSPS) is 15.2. The molecule has 1 N–H and O–H groups in total. The monoisotopic (exact) mass is 327 g/mol. The number of rotatable bonds is 3. The lowest BCUT2D eigenvalue weighted by atomic mass is 9.95. The number of H-pyrrole nitrogens is 1. The Balaban J connectivity index is 1.78. The van der Waals surface area contributed by atoms with Gasteiger partial charge >= 0.3 is 0 Å². The van der Waals surface area contributed by atoms with Crippen LogP contribution >= 0.6 is 0 Å². The summed E-state index contributed by atoms with van der Waals surface area (Å²) in [5.41, 5.74) is 2.84. The number of ether oxygens (including phenoxy) is 1. The van der Waals surface area contributed by atoms with Crippen LogP contribution in [0.2, 0.25) is 0 Å². The van der Waals surface area contributed by atoms with Crippen LogP contribution < -0.4 is 10.3 Å². The quantitative estimate of drug-likeness (QED) is 0.941. The molecule has 0 aliphatic carbocycles. The maximum absolute atomic E-state index is 12.5. The zero-order valence-corrected chi connectivity index (χ0v) is 14.8. The van der Waals surface area contributed by atoms with E-state index in [0.29, 0.717) is 6.54 Å². The van der Waals surface area contributed by atoms with Crippen molar-refractivity contribution >= 4 is 0 Å². The number of nitrogens with zero attached hydrogens (tertiary/aromatic N) is 2. The maximum atomic E-state index is 12.5. The van der Waals surface area contributed by atoms with Crippen LogP contribution in [0.5, 0.6) is 5.75 Å². The molecule has 2 heterocycles. The molecule has 2 aromatic rings. The molecule has 5 heteroatoms. The average Bonchev–Trinajstić information content (AvgIpc) is 2.55. The number of hydrogen-bond donors (Lipinski definition) is 1. The van der Waals surface area contributed by atoms with Gasteiger partial charge in [0.1, 0.15) is 11.6 Å². The number of nitrogens with one attached hydrogen (secondary N) is 1. The van der Waals surface area contributed by atoms with E-state index in [1.807, 2.05) is 12.1 Å². The Morgan fingerprint density at radius 1 is 1.25 bits per heavy atom. The zero-order valence-electron chi connectivity index (χ0n) is 14.8. The fourth-order valence-corrected chi connectivity index (χ4v) is 2.96. The molecular weight excluding hydrogens is 302 g/mol. The highest BCUT2D eigenvalue weighted by Gasteiger charge is 2.24. The molecule has 1 aromatic carbocycles. The second-order valence-corrected chi connectivity index (χ2v) is 7.40. The van der Waals surface area contributed by atoms with Crippen molar-refractivity contribution in [3.05, 3.63) is 57.3 Å². The number of methoxy groups -OCH3 is 1. The Labute approximate surface area is 142 Å². The highest BCUT2D eigenvalue weighted by Crippen LogP contribution is 2.21. The molecule has 0 spiro atoms. The van der Waals surface area contributed by atoms with Gasteiger partial charge in [-0.25, -0.2) is 4.98 Å². The molecule has 0 atom stereocenters. The third kappa shape index (κ3) is 3.51. The van der Waals surface area contributed by atoms with Crippen LogP contribution in [0.3, 0.4) is 0 Å². The van der Waals surface area contributed by atoms with Gasteiger partial charge in [-0.2, -0.15) is 0 Å². The Bertz CT molecular complexity index is 773. The lowest BCUT2D eigenvalue weighted by Crippen LogP contribution is -2.37. The number of fused-ring (bicyclic) bond motifs is 1. The van der Waals surface area contributed by atoms with Crippen LogP contribution in [-0.4, -0.2) is 28.5 Å². The van der Waals surface area contributed by atoms with Gasteiger partial charge in [-0.15, -0.1) is 0 Å². The highest BCUT2D eigenvalue weighted by molar-refractivity contribution is 5.28. The average molecular weight is 327 g/mol. The van der Waals surface area contributed by atoms with Crippen molar-refractivity contribution in [2.45, 2.75) is 45.7 Å². The predicted molar refractivity (Wildman–Crippen MR) is 94.4 cm³/mol. The van der Waals surface area contributed by atoms with Crippen molar-refractivity contribution in [1.29, 1.82) is 0 Å². The number of benzene rings is 1. The first-order valence-corrected chi connectivity index (χ1v) is 8.34. The van der Waals surface area contributed by atoms with Crippen LogP contribution in [0.1, 0.15) is 43.4 Å². The second kappa shape index (κ2) is 6.40. The van der Waals surface area contributed by atoms with Gasteiger partial charge in [0.15, 0.2) is 0 Å². The smallest absolute Gasteiger partial charge is 0.255 e. The van der Waals surface area contributed by atoms with Crippen molar-refractivity contribution in [2.75, 3.05) is 13.7 Å². The van der Waals surface area contributed by atoms with E-state index in [9.17, 15) is 4.79 Å². The number of aromatic nitrogens is 2. The first-order chi connectivity index (χ1) is 11.4. The summed E-state index contributed by atoms with van der Waals surface area (Å²) in [4.78, 5) is 22.4. The molecular formula is C19H25N3O2. The number of aromatic amines is 1. The molecule has 0 fully saturated rings. The summed E-state index contributed by atoms with van der Waals surface area (Å²) in [5, 5.41) is 0. The van der Waals surface area contributed by atoms with Crippen LogP contribution in [0.15, 0.2) is 29.1 Å². The molecule has 0 bridgehead atoms. The topological polar surface area (TPSA) is 58.2 Å². The van der Waals surface area contributed by atoms with E-state index in [1.54, 1.807) is 7.11 Å². The standard InChI is InChI=1S/C19H25N3O2/c1-19(2,3)18-20-16-9-10-22(12-15(16)17(23)21-18)11-13-5-7-14(24-4)8-6-13/h5-8H,9-12H2,1-4H3,(H,20,21,23). The van der Waals surface area contributed by atoms with E-state index < -0.39 is 0 Å². The number of hydrogen-bond acceptors (Lipinski definition) is 4. The minimum absolute atomic E-state index is 0.00403. The van der Waals surface area contributed by atoms with Crippen LogP contribution in [0.4, 0.5) is 0 Å². The summed E-state index contributed by atoms with van der Waals surface area (Å²) in [6.07, 6.45) is 0.818. The van der Waals surface area contributed by atoms with Crippen molar-refractivity contribution < 1.29 is 4.74 Å². The van der Waals surface area contributed by atoms with E-state index >= 15 is 0 Å².